The van der Waals surface area contributed by atoms with Crippen LogP contribution in [-0.4, -0.2) is 36.6 Å². The molecule has 3 rings (SSSR count). The summed E-state index contributed by atoms with van der Waals surface area (Å²) < 4.78 is 30.2. The summed E-state index contributed by atoms with van der Waals surface area (Å²) in [5.41, 5.74) is 1.67. The maximum Gasteiger partial charge on any atom is 0.286 e. The largest absolute Gasteiger partial charge is 0.341 e. The minimum absolute atomic E-state index is 0.0914. The number of sulfonamides is 1. The molecule has 128 valence electrons. The van der Waals surface area contributed by atoms with Crippen LogP contribution in [0.4, 0.5) is 5.69 Å². The number of amidine groups is 1. The van der Waals surface area contributed by atoms with Gasteiger partial charge in [-0.15, -0.1) is 4.40 Å². The van der Waals surface area contributed by atoms with Crippen LogP contribution in [0.25, 0.3) is 0 Å². The lowest BCUT2D eigenvalue weighted by Crippen LogP contribution is -2.40. The fourth-order valence-electron chi connectivity index (χ4n) is 2.56. The Morgan fingerprint density at radius 2 is 2.04 bits per heavy atom. The van der Waals surface area contributed by atoms with Crippen molar-refractivity contribution in [2.75, 3.05) is 11.9 Å². The molecule has 2 unspecified atom stereocenters. The SMILES string of the molecule is Cc1cnn(C(C)C(C)NCC2=NS(=O)(=O)c3ccccc3N2)c1. The third-order valence-electron chi connectivity index (χ3n) is 4.14. The van der Waals surface area contributed by atoms with Gasteiger partial charge in [0.15, 0.2) is 0 Å². The number of aromatic nitrogens is 2. The van der Waals surface area contributed by atoms with Crippen molar-refractivity contribution in [3.8, 4) is 0 Å². The van der Waals surface area contributed by atoms with Gasteiger partial charge in [-0.3, -0.25) is 4.68 Å². The minimum Gasteiger partial charge on any atom is -0.341 e. The second-order valence-electron chi connectivity index (χ2n) is 6.04. The normalized spacial score (nSPS) is 18.2. The molecule has 7 nitrogen and oxygen atoms in total. The molecule has 0 saturated carbocycles. The molecule has 1 aromatic carbocycles. The van der Waals surface area contributed by atoms with Crippen LogP contribution in [0.15, 0.2) is 46.0 Å². The van der Waals surface area contributed by atoms with Crippen molar-refractivity contribution in [3.63, 3.8) is 0 Å². The van der Waals surface area contributed by atoms with E-state index in [0.29, 0.717) is 18.1 Å². The molecule has 0 saturated heterocycles. The Labute approximate surface area is 141 Å². The van der Waals surface area contributed by atoms with Crippen LogP contribution in [-0.2, 0) is 10.0 Å². The zero-order valence-corrected chi connectivity index (χ0v) is 14.7. The molecule has 0 fully saturated rings. The lowest BCUT2D eigenvalue weighted by molar-refractivity contribution is 0.378. The van der Waals surface area contributed by atoms with Gasteiger partial charge in [-0.05, 0) is 38.5 Å². The first kappa shape index (κ1) is 16.7. The van der Waals surface area contributed by atoms with Gasteiger partial charge >= 0.3 is 0 Å². The Balaban J connectivity index is 1.68. The fraction of sp³-hybridized carbons (Fsp3) is 0.375. The number of para-hydroxylation sites is 1. The summed E-state index contributed by atoms with van der Waals surface area (Å²) in [7, 11) is -3.64. The van der Waals surface area contributed by atoms with Crippen LogP contribution in [0.2, 0.25) is 0 Å². The molecule has 0 aliphatic carbocycles. The van der Waals surface area contributed by atoms with Gasteiger partial charge in [0.2, 0.25) is 0 Å². The van der Waals surface area contributed by atoms with Crippen molar-refractivity contribution in [2.24, 2.45) is 4.40 Å². The van der Waals surface area contributed by atoms with Gasteiger partial charge < -0.3 is 10.6 Å². The number of nitrogens with zero attached hydrogens (tertiary/aromatic N) is 3. The molecule has 1 aliphatic heterocycles. The van der Waals surface area contributed by atoms with E-state index >= 15 is 0 Å². The summed E-state index contributed by atoms with van der Waals surface area (Å²) in [6.45, 7) is 6.43. The van der Waals surface area contributed by atoms with Crippen LogP contribution in [0, 0.1) is 6.92 Å². The second-order valence-corrected chi connectivity index (χ2v) is 7.61. The van der Waals surface area contributed by atoms with E-state index in [4.69, 9.17) is 0 Å². The van der Waals surface area contributed by atoms with Gasteiger partial charge in [0.05, 0.1) is 24.5 Å². The third-order valence-corrected chi connectivity index (χ3v) is 5.51. The van der Waals surface area contributed by atoms with Crippen molar-refractivity contribution in [3.05, 3.63) is 42.2 Å². The predicted molar refractivity (Wildman–Crippen MR) is 93.8 cm³/mol. The van der Waals surface area contributed by atoms with Crippen molar-refractivity contribution < 1.29 is 8.42 Å². The highest BCUT2D eigenvalue weighted by Crippen LogP contribution is 2.26. The standard InChI is InChI=1S/C16H21N5O2S/c1-11-8-18-21(10-11)13(3)12(2)17-9-16-19-14-6-4-5-7-15(14)24(22,23)20-16/h4-8,10,12-13,17H,9H2,1-3H3,(H,19,20). The highest BCUT2D eigenvalue weighted by Gasteiger charge is 2.24. The first-order valence-corrected chi connectivity index (χ1v) is 9.25. The first-order valence-electron chi connectivity index (χ1n) is 7.81. The number of rotatable bonds is 5. The zero-order chi connectivity index (χ0) is 17.3. The van der Waals surface area contributed by atoms with E-state index in [9.17, 15) is 8.42 Å². The molecule has 24 heavy (non-hydrogen) atoms. The molecular formula is C16H21N5O2S. The van der Waals surface area contributed by atoms with Crippen LogP contribution in [0.5, 0.6) is 0 Å². The van der Waals surface area contributed by atoms with Gasteiger partial charge in [0.1, 0.15) is 10.7 Å². The summed E-state index contributed by atoms with van der Waals surface area (Å²) in [5, 5.41) is 10.7. The summed E-state index contributed by atoms with van der Waals surface area (Å²) in [4.78, 5) is 0.210. The maximum absolute atomic E-state index is 12.2. The first-order chi connectivity index (χ1) is 11.4. The van der Waals surface area contributed by atoms with Crippen molar-refractivity contribution in [1.29, 1.82) is 0 Å². The van der Waals surface area contributed by atoms with Crippen LogP contribution < -0.4 is 10.6 Å². The lowest BCUT2D eigenvalue weighted by Gasteiger charge is -2.24. The van der Waals surface area contributed by atoms with E-state index in [-0.39, 0.29) is 17.0 Å². The quantitative estimate of drug-likeness (QED) is 0.863. The third kappa shape index (κ3) is 3.34. The topological polar surface area (TPSA) is 88.4 Å². The molecule has 8 heteroatoms. The highest BCUT2D eigenvalue weighted by molar-refractivity contribution is 7.90. The average Bonchev–Trinajstić information content (AvgIpc) is 2.98. The van der Waals surface area contributed by atoms with Crippen LogP contribution >= 0.6 is 0 Å². The van der Waals surface area contributed by atoms with Gasteiger partial charge in [-0.2, -0.15) is 13.5 Å². The van der Waals surface area contributed by atoms with E-state index in [2.05, 4.69) is 27.1 Å². The molecule has 2 aromatic rings. The Morgan fingerprint density at radius 3 is 2.75 bits per heavy atom. The average molecular weight is 347 g/mol. The second kappa shape index (κ2) is 6.37. The maximum atomic E-state index is 12.2. The van der Waals surface area contributed by atoms with Crippen molar-refractivity contribution in [2.45, 2.75) is 37.8 Å². The Bertz CT molecular complexity index is 872. The summed E-state index contributed by atoms with van der Waals surface area (Å²) >= 11 is 0. The van der Waals surface area contributed by atoms with E-state index in [1.807, 2.05) is 30.9 Å². The smallest absolute Gasteiger partial charge is 0.286 e. The molecule has 0 spiro atoms. The zero-order valence-electron chi connectivity index (χ0n) is 13.9. The van der Waals surface area contributed by atoms with Crippen LogP contribution in [0.1, 0.15) is 25.5 Å². The molecule has 0 bridgehead atoms. The van der Waals surface area contributed by atoms with Gasteiger partial charge in [0, 0.05) is 12.2 Å². The van der Waals surface area contributed by atoms with Crippen molar-refractivity contribution >= 4 is 21.5 Å². The number of hydrogen-bond donors (Lipinski definition) is 2. The molecule has 2 atom stereocenters. The van der Waals surface area contributed by atoms with Gasteiger partial charge in [-0.1, -0.05) is 12.1 Å². The van der Waals surface area contributed by atoms with Gasteiger partial charge in [0.25, 0.3) is 10.0 Å². The number of fused-ring (bicyclic) bond motifs is 1. The molecule has 0 radical (unpaired) electrons. The molecule has 1 aromatic heterocycles. The minimum atomic E-state index is -3.64. The Kier molecular flexibility index (Phi) is 4.42. The van der Waals surface area contributed by atoms with Gasteiger partial charge in [-0.25, -0.2) is 0 Å². The van der Waals surface area contributed by atoms with E-state index < -0.39 is 10.0 Å². The Morgan fingerprint density at radius 1 is 1.29 bits per heavy atom. The van der Waals surface area contributed by atoms with Crippen molar-refractivity contribution in [1.82, 2.24) is 15.1 Å². The predicted octanol–water partition coefficient (Wildman–Crippen LogP) is 1.94. The number of hydrogen-bond acceptors (Lipinski definition) is 5. The molecular weight excluding hydrogens is 326 g/mol. The molecule has 2 N–H and O–H groups in total. The van der Waals surface area contributed by atoms with E-state index in [1.54, 1.807) is 24.3 Å². The highest BCUT2D eigenvalue weighted by atomic mass is 32.2. The summed E-state index contributed by atoms with van der Waals surface area (Å²) in [6, 6.07) is 6.99. The monoisotopic (exact) mass is 347 g/mol. The fourth-order valence-corrected chi connectivity index (χ4v) is 3.70. The molecule has 1 aliphatic rings. The summed E-state index contributed by atoms with van der Waals surface area (Å²) in [5.74, 6) is 0.393. The van der Waals surface area contributed by atoms with E-state index in [0.717, 1.165) is 5.56 Å². The summed E-state index contributed by atoms with van der Waals surface area (Å²) in [6.07, 6.45) is 3.80. The number of benzene rings is 1. The lowest BCUT2D eigenvalue weighted by atomic mass is 10.1. The van der Waals surface area contributed by atoms with E-state index in [1.165, 1.54) is 0 Å². The molecule has 0 amide bonds. The molecule has 2 heterocycles. The van der Waals surface area contributed by atoms with Crippen LogP contribution in [0.3, 0.4) is 0 Å². The Hall–Kier alpha value is -2.19. The number of nitrogens with one attached hydrogen (secondary N) is 2. The number of anilines is 1. The number of aryl methyl sites for hydroxylation is 1.